The molecule has 2 heteroatoms. The number of nitrogens with zero attached hydrogens (tertiary/aromatic N) is 1. The molecule has 0 N–H and O–H groups in total. The topological polar surface area (TPSA) is 29.4 Å². The highest BCUT2D eigenvalue weighted by Crippen LogP contribution is 2.25. The number of carbonyl (C=O) groups excluding carboxylic acids is 1. The summed E-state index contributed by atoms with van der Waals surface area (Å²) in [5.41, 5.74) is 3.15. The summed E-state index contributed by atoms with van der Waals surface area (Å²) in [4.78, 5) is 14.0. The Labute approximate surface area is 107 Å². The molecule has 1 aromatic rings. The first-order chi connectivity index (χ1) is 8.90. The highest BCUT2D eigenvalue weighted by Gasteiger charge is 2.11. The van der Waals surface area contributed by atoms with Gasteiger partial charge in [-0.3, -0.25) is 0 Å². The Hall–Kier alpha value is -2.10. The predicted molar refractivity (Wildman–Crippen MR) is 71.5 cm³/mol. The van der Waals surface area contributed by atoms with Crippen LogP contribution in [0, 0.1) is 11.8 Å². The lowest BCUT2D eigenvalue weighted by molar-refractivity contribution is 0.564. The Kier molecular flexibility index (Phi) is 4.53. The molecular formula is C16H15NO. The summed E-state index contributed by atoms with van der Waals surface area (Å²) in [7, 11) is 0. The first-order valence-electron chi connectivity index (χ1n) is 6.23. The maximum Gasteiger partial charge on any atom is 0.240 e. The average Bonchev–Trinajstić information content (AvgIpc) is 2.84. The molecular weight excluding hydrogens is 222 g/mol. The summed E-state index contributed by atoms with van der Waals surface area (Å²) in [5, 5.41) is 0. The summed E-state index contributed by atoms with van der Waals surface area (Å²) in [5.74, 6) is 6.31. The maximum absolute atomic E-state index is 10.2. The van der Waals surface area contributed by atoms with Gasteiger partial charge in [-0.15, -0.1) is 0 Å². The monoisotopic (exact) mass is 237 g/mol. The van der Waals surface area contributed by atoms with Crippen LogP contribution in [0.25, 0.3) is 0 Å². The zero-order valence-corrected chi connectivity index (χ0v) is 10.3. The van der Waals surface area contributed by atoms with Crippen LogP contribution in [0.15, 0.2) is 46.6 Å². The fourth-order valence-corrected chi connectivity index (χ4v) is 2.06. The molecule has 2 rings (SSSR count). The number of aliphatic imine (C=N–C) groups is 1. The van der Waals surface area contributed by atoms with Crippen molar-refractivity contribution in [3.63, 3.8) is 0 Å². The Morgan fingerprint density at radius 3 is 2.78 bits per heavy atom. The van der Waals surface area contributed by atoms with Gasteiger partial charge < -0.3 is 0 Å². The summed E-state index contributed by atoms with van der Waals surface area (Å²) in [6, 6.07) is 10.3. The predicted octanol–water partition coefficient (Wildman–Crippen LogP) is 3.40. The second kappa shape index (κ2) is 6.59. The summed E-state index contributed by atoms with van der Waals surface area (Å²) in [6.07, 6.45) is 6.26. The van der Waals surface area contributed by atoms with Crippen LogP contribution < -0.4 is 0 Å². The van der Waals surface area contributed by atoms with Crippen LogP contribution in [-0.4, -0.2) is 6.08 Å². The van der Waals surface area contributed by atoms with Crippen LogP contribution in [-0.2, 0) is 11.2 Å². The van der Waals surface area contributed by atoms with Gasteiger partial charge in [-0.25, -0.2) is 4.79 Å². The SMILES string of the molecule is O=C=NC1=C(C#CCCc2ccccc2)CCC1. The molecule has 18 heavy (non-hydrogen) atoms. The van der Waals surface area contributed by atoms with Crippen molar-refractivity contribution in [2.45, 2.75) is 32.1 Å². The molecule has 0 aromatic heterocycles. The average molecular weight is 237 g/mol. The van der Waals surface area contributed by atoms with E-state index in [1.54, 1.807) is 6.08 Å². The van der Waals surface area contributed by atoms with Gasteiger partial charge in [0.05, 0.1) is 5.70 Å². The number of aryl methyl sites for hydroxylation is 1. The lowest BCUT2D eigenvalue weighted by atomic mass is 10.1. The minimum absolute atomic E-state index is 0.831. The molecule has 0 atom stereocenters. The molecule has 0 saturated carbocycles. The first kappa shape index (κ1) is 12.4. The Balaban J connectivity index is 1.93. The van der Waals surface area contributed by atoms with Crippen LogP contribution in [0.2, 0.25) is 0 Å². The van der Waals surface area contributed by atoms with Crippen molar-refractivity contribution in [1.82, 2.24) is 0 Å². The lowest BCUT2D eigenvalue weighted by Crippen LogP contribution is -1.82. The van der Waals surface area contributed by atoms with E-state index in [-0.39, 0.29) is 0 Å². The lowest BCUT2D eigenvalue weighted by Gasteiger charge is -1.95. The number of benzene rings is 1. The molecule has 90 valence electrons. The fourth-order valence-electron chi connectivity index (χ4n) is 2.06. The zero-order valence-electron chi connectivity index (χ0n) is 10.3. The van der Waals surface area contributed by atoms with Crippen LogP contribution >= 0.6 is 0 Å². The molecule has 0 amide bonds. The van der Waals surface area contributed by atoms with Crippen molar-refractivity contribution in [3.05, 3.63) is 47.2 Å². The zero-order chi connectivity index (χ0) is 12.6. The molecule has 0 fully saturated rings. The quantitative estimate of drug-likeness (QED) is 0.450. The van der Waals surface area contributed by atoms with E-state index >= 15 is 0 Å². The third-order valence-electron chi connectivity index (χ3n) is 2.99. The second-order valence-electron chi connectivity index (χ2n) is 4.27. The number of allylic oxidation sites excluding steroid dienone is 2. The van der Waals surface area contributed by atoms with E-state index in [2.05, 4.69) is 29.0 Å². The van der Waals surface area contributed by atoms with Gasteiger partial charge in [-0.1, -0.05) is 42.2 Å². The number of hydrogen-bond donors (Lipinski definition) is 0. The van der Waals surface area contributed by atoms with Gasteiger partial charge in [-0.2, -0.15) is 4.99 Å². The molecule has 1 aliphatic carbocycles. The van der Waals surface area contributed by atoms with Crippen LogP contribution in [0.4, 0.5) is 0 Å². The normalized spacial score (nSPS) is 13.8. The summed E-state index contributed by atoms with van der Waals surface area (Å²) >= 11 is 0. The first-order valence-corrected chi connectivity index (χ1v) is 6.23. The van der Waals surface area contributed by atoms with Gasteiger partial charge in [0.1, 0.15) is 0 Å². The third kappa shape index (κ3) is 3.45. The Bertz CT molecular complexity index is 539. The molecule has 0 spiro atoms. The van der Waals surface area contributed by atoms with Crippen molar-refractivity contribution in [2.24, 2.45) is 4.99 Å². The largest absolute Gasteiger partial charge is 0.240 e. The molecule has 2 nitrogen and oxygen atoms in total. The van der Waals surface area contributed by atoms with Gasteiger partial charge in [0.2, 0.25) is 6.08 Å². The van der Waals surface area contributed by atoms with Crippen LogP contribution in [0.5, 0.6) is 0 Å². The van der Waals surface area contributed by atoms with Crippen molar-refractivity contribution >= 4 is 6.08 Å². The highest BCUT2D eigenvalue weighted by molar-refractivity contribution is 5.43. The molecule has 1 aliphatic rings. The highest BCUT2D eigenvalue weighted by atomic mass is 16.1. The van der Waals surface area contributed by atoms with Gasteiger partial charge >= 0.3 is 0 Å². The second-order valence-corrected chi connectivity index (χ2v) is 4.27. The van der Waals surface area contributed by atoms with E-state index in [1.165, 1.54) is 5.56 Å². The molecule has 1 aromatic carbocycles. The van der Waals surface area contributed by atoms with Gasteiger partial charge in [0.25, 0.3) is 0 Å². The standard InChI is InChI=1S/C16H15NO/c18-13-17-16-12-6-11-15(16)10-5-4-9-14-7-2-1-3-8-14/h1-3,7-8H,4,6,9,11-12H2. The molecule has 0 aliphatic heterocycles. The summed E-state index contributed by atoms with van der Waals surface area (Å²) < 4.78 is 0. The van der Waals surface area contributed by atoms with Gasteiger partial charge in [-0.05, 0) is 31.2 Å². The molecule has 0 radical (unpaired) electrons. The number of isocyanates is 1. The number of rotatable bonds is 3. The van der Waals surface area contributed by atoms with E-state index in [9.17, 15) is 4.79 Å². The number of hydrogen-bond acceptors (Lipinski definition) is 2. The van der Waals surface area contributed by atoms with E-state index < -0.39 is 0 Å². The van der Waals surface area contributed by atoms with Gasteiger partial charge in [0, 0.05) is 12.0 Å². The van der Waals surface area contributed by atoms with E-state index in [4.69, 9.17) is 0 Å². The molecule has 0 saturated heterocycles. The van der Waals surface area contributed by atoms with E-state index in [0.717, 1.165) is 43.4 Å². The fraction of sp³-hybridized carbons (Fsp3) is 0.312. The summed E-state index contributed by atoms with van der Waals surface area (Å²) in [6.45, 7) is 0. The minimum Gasteiger partial charge on any atom is -0.211 e. The van der Waals surface area contributed by atoms with Crippen LogP contribution in [0.3, 0.4) is 0 Å². The Morgan fingerprint density at radius 1 is 1.17 bits per heavy atom. The van der Waals surface area contributed by atoms with Crippen molar-refractivity contribution in [1.29, 1.82) is 0 Å². The van der Waals surface area contributed by atoms with Gasteiger partial charge in [0.15, 0.2) is 0 Å². The molecule has 0 unspecified atom stereocenters. The smallest absolute Gasteiger partial charge is 0.211 e. The van der Waals surface area contributed by atoms with Crippen molar-refractivity contribution in [3.8, 4) is 11.8 Å². The van der Waals surface area contributed by atoms with Crippen molar-refractivity contribution < 1.29 is 4.79 Å². The van der Waals surface area contributed by atoms with Crippen LogP contribution in [0.1, 0.15) is 31.2 Å². The molecule has 0 bridgehead atoms. The van der Waals surface area contributed by atoms with E-state index in [0.29, 0.717) is 0 Å². The third-order valence-corrected chi connectivity index (χ3v) is 2.99. The maximum atomic E-state index is 10.2. The van der Waals surface area contributed by atoms with E-state index in [1.807, 2.05) is 18.2 Å². The van der Waals surface area contributed by atoms with Crippen molar-refractivity contribution in [2.75, 3.05) is 0 Å². The molecule has 0 heterocycles. The minimum atomic E-state index is 0.831. The Morgan fingerprint density at radius 2 is 2.00 bits per heavy atom.